The highest BCUT2D eigenvalue weighted by molar-refractivity contribution is 5.99. The average molecular weight is 276 g/mol. The van der Waals surface area contributed by atoms with Gasteiger partial charge in [0.1, 0.15) is 11.9 Å². The number of aryl methyl sites for hydroxylation is 1. The molecule has 0 saturated heterocycles. The van der Waals surface area contributed by atoms with Gasteiger partial charge >= 0.3 is 0 Å². The van der Waals surface area contributed by atoms with Crippen molar-refractivity contribution >= 4 is 5.84 Å². The van der Waals surface area contributed by atoms with Crippen molar-refractivity contribution in [1.29, 1.82) is 0 Å². The highest BCUT2D eigenvalue weighted by Crippen LogP contribution is 2.32. The first-order chi connectivity index (χ1) is 9.65. The summed E-state index contributed by atoms with van der Waals surface area (Å²) in [6.45, 7) is 4.19. The van der Waals surface area contributed by atoms with Crippen LogP contribution in [-0.2, 0) is 0 Å². The summed E-state index contributed by atoms with van der Waals surface area (Å²) in [6.07, 6.45) is 6.19. The second-order valence-corrected chi connectivity index (χ2v) is 5.59. The summed E-state index contributed by atoms with van der Waals surface area (Å²) < 4.78 is 6.20. The molecule has 2 unspecified atom stereocenters. The SMILES string of the molecule is CCC1CCCCC1Oc1ccc(C)cc1/C(N)=N/O. The number of rotatable bonds is 4. The van der Waals surface area contributed by atoms with Crippen molar-refractivity contribution < 1.29 is 9.94 Å². The predicted octanol–water partition coefficient (Wildman–Crippen LogP) is 3.44. The molecule has 0 heterocycles. The highest BCUT2D eigenvalue weighted by atomic mass is 16.5. The van der Waals surface area contributed by atoms with Crippen LogP contribution in [0.3, 0.4) is 0 Å². The van der Waals surface area contributed by atoms with E-state index in [2.05, 4.69) is 12.1 Å². The molecule has 0 bridgehead atoms. The maximum atomic E-state index is 8.91. The van der Waals surface area contributed by atoms with Crippen LogP contribution in [0, 0.1) is 12.8 Å². The fourth-order valence-corrected chi connectivity index (χ4v) is 2.96. The molecular weight excluding hydrogens is 252 g/mol. The molecule has 2 rings (SSSR count). The Hall–Kier alpha value is -1.71. The van der Waals surface area contributed by atoms with Crippen LogP contribution in [0.4, 0.5) is 0 Å². The van der Waals surface area contributed by atoms with Crippen LogP contribution in [0.5, 0.6) is 5.75 Å². The topological polar surface area (TPSA) is 67.8 Å². The first kappa shape index (κ1) is 14.7. The smallest absolute Gasteiger partial charge is 0.173 e. The quantitative estimate of drug-likeness (QED) is 0.383. The van der Waals surface area contributed by atoms with Gasteiger partial charge in [-0.25, -0.2) is 0 Å². The maximum absolute atomic E-state index is 8.91. The first-order valence-electron chi connectivity index (χ1n) is 7.41. The van der Waals surface area contributed by atoms with Gasteiger partial charge in [-0.1, -0.05) is 30.1 Å². The van der Waals surface area contributed by atoms with E-state index >= 15 is 0 Å². The third-order valence-electron chi connectivity index (χ3n) is 4.16. The number of hydrogen-bond donors (Lipinski definition) is 2. The minimum Gasteiger partial charge on any atom is -0.489 e. The van der Waals surface area contributed by atoms with Crippen molar-refractivity contribution in [3.05, 3.63) is 29.3 Å². The Balaban J connectivity index is 2.24. The summed E-state index contributed by atoms with van der Waals surface area (Å²) in [5, 5.41) is 12.0. The molecule has 0 amide bonds. The van der Waals surface area contributed by atoms with Crippen molar-refractivity contribution in [3.8, 4) is 5.75 Å². The molecule has 20 heavy (non-hydrogen) atoms. The van der Waals surface area contributed by atoms with E-state index in [1.54, 1.807) is 0 Å². The zero-order valence-electron chi connectivity index (χ0n) is 12.3. The van der Waals surface area contributed by atoms with E-state index in [-0.39, 0.29) is 11.9 Å². The number of nitrogens with zero attached hydrogens (tertiary/aromatic N) is 1. The van der Waals surface area contributed by atoms with Crippen LogP contribution in [-0.4, -0.2) is 17.1 Å². The Bertz CT molecular complexity index is 485. The lowest BCUT2D eigenvalue weighted by Crippen LogP contribution is -2.30. The van der Waals surface area contributed by atoms with Gasteiger partial charge in [-0.3, -0.25) is 0 Å². The third-order valence-corrected chi connectivity index (χ3v) is 4.16. The molecule has 1 aliphatic rings. The highest BCUT2D eigenvalue weighted by Gasteiger charge is 2.26. The predicted molar refractivity (Wildman–Crippen MR) is 80.4 cm³/mol. The summed E-state index contributed by atoms with van der Waals surface area (Å²) in [5.74, 6) is 1.43. The van der Waals surface area contributed by atoms with Crippen LogP contribution < -0.4 is 10.5 Å². The number of benzene rings is 1. The van der Waals surface area contributed by atoms with Gasteiger partial charge in [-0.2, -0.15) is 0 Å². The normalized spacial score (nSPS) is 23.6. The Morgan fingerprint density at radius 2 is 2.15 bits per heavy atom. The molecule has 1 aliphatic carbocycles. The van der Waals surface area contributed by atoms with Crippen LogP contribution >= 0.6 is 0 Å². The van der Waals surface area contributed by atoms with Gasteiger partial charge in [0.2, 0.25) is 0 Å². The minimum absolute atomic E-state index is 0.104. The second kappa shape index (κ2) is 6.64. The summed E-state index contributed by atoms with van der Waals surface area (Å²) >= 11 is 0. The molecule has 0 spiro atoms. The van der Waals surface area contributed by atoms with Crippen molar-refractivity contribution in [2.75, 3.05) is 0 Å². The van der Waals surface area contributed by atoms with Crippen molar-refractivity contribution in [2.24, 2.45) is 16.8 Å². The molecule has 3 N–H and O–H groups in total. The van der Waals surface area contributed by atoms with E-state index in [1.165, 1.54) is 19.3 Å². The fourth-order valence-electron chi connectivity index (χ4n) is 2.96. The van der Waals surface area contributed by atoms with Crippen LogP contribution in [0.15, 0.2) is 23.4 Å². The van der Waals surface area contributed by atoms with E-state index in [1.807, 2.05) is 25.1 Å². The lowest BCUT2D eigenvalue weighted by molar-refractivity contribution is 0.0901. The molecule has 2 atom stereocenters. The zero-order valence-corrected chi connectivity index (χ0v) is 12.3. The monoisotopic (exact) mass is 276 g/mol. The van der Waals surface area contributed by atoms with Gasteiger partial charge < -0.3 is 15.7 Å². The number of oxime groups is 1. The molecule has 1 aromatic carbocycles. The van der Waals surface area contributed by atoms with Gasteiger partial charge in [0.25, 0.3) is 0 Å². The lowest BCUT2D eigenvalue weighted by Gasteiger charge is -2.31. The van der Waals surface area contributed by atoms with Crippen molar-refractivity contribution in [2.45, 2.75) is 52.1 Å². The van der Waals surface area contributed by atoms with Crippen LogP contribution in [0.2, 0.25) is 0 Å². The standard InChI is InChI=1S/C16H24N2O2/c1-3-12-6-4-5-7-14(12)20-15-9-8-11(2)10-13(15)16(17)18-19/h8-10,12,14,19H,3-7H2,1-2H3,(H2,17,18). The molecule has 1 aromatic rings. The van der Waals surface area contributed by atoms with E-state index in [4.69, 9.17) is 15.7 Å². The molecule has 1 fully saturated rings. The van der Waals surface area contributed by atoms with Gasteiger partial charge in [-0.05, 0) is 50.7 Å². The van der Waals surface area contributed by atoms with Gasteiger partial charge in [0, 0.05) is 0 Å². The number of hydrogen-bond acceptors (Lipinski definition) is 3. The Labute approximate surface area is 120 Å². The Kier molecular flexibility index (Phi) is 4.88. The van der Waals surface area contributed by atoms with E-state index in [9.17, 15) is 0 Å². The molecular formula is C16H24N2O2. The average Bonchev–Trinajstić information content (AvgIpc) is 2.48. The molecule has 0 aliphatic heterocycles. The van der Waals surface area contributed by atoms with E-state index < -0.39 is 0 Å². The van der Waals surface area contributed by atoms with Crippen molar-refractivity contribution in [3.63, 3.8) is 0 Å². The molecule has 0 radical (unpaired) electrons. The molecule has 4 heteroatoms. The third kappa shape index (κ3) is 3.24. The van der Waals surface area contributed by atoms with Crippen LogP contribution in [0.1, 0.15) is 50.2 Å². The van der Waals surface area contributed by atoms with E-state index in [0.29, 0.717) is 11.5 Å². The summed E-state index contributed by atoms with van der Waals surface area (Å²) in [6, 6.07) is 5.81. The van der Waals surface area contributed by atoms with Gasteiger partial charge in [-0.15, -0.1) is 0 Å². The number of amidine groups is 1. The lowest BCUT2D eigenvalue weighted by atomic mass is 9.84. The number of ether oxygens (including phenoxy) is 1. The zero-order chi connectivity index (χ0) is 14.5. The Morgan fingerprint density at radius 3 is 2.85 bits per heavy atom. The van der Waals surface area contributed by atoms with Crippen molar-refractivity contribution in [1.82, 2.24) is 0 Å². The molecule has 0 aromatic heterocycles. The fraction of sp³-hybridized carbons (Fsp3) is 0.562. The van der Waals surface area contributed by atoms with Gasteiger partial charge in [0.15, 0.2) is 5.84 Å². The summed E-state index contributed by atoms with van der Waals surface area (Å²) in [4.78, 5) is 0. The summed E-state index contributed by atoms with van der Waals surface area (Å²) in [7, 11) is 0. The van der Waals surface area contributed by atoms with Gasteiger partial charge in [0.05, 0.1) is 5.56 Å². The molecule has 1 saturated carbocycles. The first-order valence-corrected chi connectivity index (χ1v) is 7.41. The largest absolute Gasteiger partial charge is 0.489 e. The second-order valence-electron chi connectivity index (χ2n) is 5.59. The Morgan fingerprint density at radius 1 is 1.40 bits per heavy atom. The molecule has 110 valence electrons. The maximum Gasteiger partial charge on any atom is 0.173 e. The molecule has 4 nitrogen and oxygen atoms in total. The van der Waals surface area contributed by atoms with E-state index in [0.717, 1.165) is 24.2 Å². The number of nitrogens with two attached hydrogens (primary N) is 1. The van der Waals surface area contributed by atoms with Crippen LogP contribution in [0.25, 0.3) is 0 Å². The minimum atomic E-state index is 0.104. The summed E-state index contributed by atoms with van der Waals surface area (Å²) in [5.41, 5.74) is 7.49.